The Hall–Kier alpha value is -0.830. The van der Waals surface area contributed by atoms with Gasteiger partial charge in [-0.1, -0.05) is 13.5 Å². The second-order valence-corrected chi connectivity index (χ2v) is 4.65. The zero-order chi connectivity index (χ0) is 15.3. The maximum Gasteiger partial charge on any atom is 0.163 e. The zero-order valence-electron chi connectivity index (χ0n) is 11.0. The van der Waals surface area contributed by atoms with Gasteiger partial charge in [-0.25, -0.2) is 0 Å². The van der Waals surface area contributed by atoms with Crippen LogP contribution in [0.1, 0.15) is 13.8 Å². The predicted molar refractivity (Wildman–Crippen MR) is 66.1 cm³/mol. The number of ketones is 1. The molecule has 0 heterocycles. The molecule has 0 aliphatic rings. The fourth-order valence-corrected chi connectivity index (χ4v) is 1.58. The van der Waals surface area contributed by atoms with Crippen LogP contribution in [-0.2, 0) is 4.79 Å². The minimum atomic E-state index is -1.91. The third kappa shape index (κ3) is 4.64. The van der Waals surface area contributed by atoms with Crippen LogP contribution in [0.2, 0.25) is 0 Å². The van der Waals surface area contributed by atoms with E-state index in [1.807, 2.05) is 0 Å². The predicted octanol–water partition coefficient (Wildman–Crippen LogP) is -2.44. The summed E-state index contributed by atoms with van der Waals surface area (Å²) in [5.74, 6) is -1.52. The molecule has 0 aromatic carbocycles. The number of carbonyl (C=O) groups is 1. The number of carbonyl (C=O) groups excluding carboxylic acids is 1. The van der Waals surface area contributed by atoms with E-state index in [9.17, 15) is 25.2 Å². The first-order valence-electron chi connectivity index (χ1n) is 5.86. The molecule has 2 unspecified atom stereocenters. The summed E-state index contributed by atoms with van der Waals surface area (Å²) in [5, 5.41) is 56.1. The highest BCUT2D eigenvalue weighted by Crippen LogP contribution is 2.17. The van der Waals surface area contributed by atoms with Gasteiger partial charge in [0.25, 0.3) is 0 Å². The fraction of sp³-hybridized carbons (Fsp3) is 0.750. The van der Waals surface area contributed by atoms with E-state index in [1.54, 1.807) is 0 Å². The van der Waals surface area contributed by atoms with Gasteiger partial charge >= 0.3 is 0 Å². The molecule has 0 rings (SSSR count). The lowest BCUT2D eigenvalue weighted by atomic mass is 9.88. The Labute approximate surface area is 111 Å². The number of aliphatic hydroxyl groups excluding tert-OH is 6. The summed E-state index contributed by atoms with van der Waals surface area (Å²) in [6.07, 6.45) is -8.91. The molecular weight excluding hydrogens is 256 g/mol. The van der Waals surface area contributed by atoms with Gasteiger partial charge in [0.05, 0.1) is 12.7 Å². The maximum absolute atomic E-state index is 11.6. The first kappa shape index (κ1) is 18.2. The summed E-state index contributed by atoms with van der Waals surface area (Å²) in [5.41, 5.74) is 0.184. The van der Waals surface area contributed by atoms with Crippen molar-refractivity contribution >= 4 is 5.78 Å². The van der Waals surface area contributed by atoms with E-state index < -0.39 is 48.8 Å². The van der Waals surface area contributed by atoms with Crippen LogP contribution >= 0.6 is 0 Å². The van der Waals surface area contributed by atoms with Crippen molar-refractivity contribution < 1.29 is 35.4 Å². The number of aliphatic hydroxyl groups is 6. The summed E-state index contributed by atoms with van der Waals surface area (Å²) < 4.78 is 0. The molecule has 112 valence electrons. The van der Waals surface area contributed by atoms with Crippen LogP contribution in [0.4, 0.5) is 0 Å². The number of rotatable bonds is 8. The van der Waals surface area contributed by atoms with E-state index in [-0.39, 0.29) is 5.57 Å². The molecule has 0 fully saturated rings. The van der Waals surface area contributed by atoms with Crippen LogP contribution in [0, 0.1) is 5.92 Å². The normalized spacial score (nSPS) is 21.1. The van der Waals surface area contributed by atoms with Crippen molar-refractivity contribution in [2.24, 2.45) is 5.92 Å². The van der Waals surface area contributed by atoms with Crippen LogP contribution < -0.4 is 0 Å². The summed E-state index contributed by atoms with van der Waals surface area (Å²) in [6.45, 7) is 5.38. The molecule has 0 aliphatic carbocycles. The van der Waals surface area contributed by atoms with E-state index in [2.05, 4.69) is 6.58 Å². The Morgan fingerprint density at radius 3 is 1.79 bits per heavy atom. The third-order valence-electron chi connectivity index (χ3n) is 2.98. The van der Waals surface area contributed by atoms with Crippen molar-refractivity contribution in [3.8, 4) is 0 Å². The molecular formula is C12H22O7. The second kappa shape index (κ2) is 7.68. The van der Waals surface area contributed by atoms with Crippen molar-refractivity contribution in [3.05, 3.63) is 12.2 Å². The molecule has 6 N–H and O–H groups in total. The lowest BCUT2D eigenvalue weighted by Crippen LogP contribution is -2.52. The van der Waals surface area contributed by atoms with Crippen molar-refractivity contribution in [2.45, 2.75) is 44.4 Å². The summed E-state index contributed by atoms with van der Waals surface area (Å²) in [4.78, 5) is 11.6. The Morgan fingerprint density at radius 1 is 1.00 bits per heavy atom. The van der Waals surface area contributed by atoms with Gasteiger partial charge in [0.2, 0.25) is 0 Å². The van der Waals surface area contributed by atoms with Crippen LogP contribution in [0.5, 0.6) is 0 Å². The van der Waals surface area contributed by atoms with E-state index >= 15 is 0 Å². The van der Waals surface area contributed by atoms with Crippen LogP contribution in [0.25, 0.3) is 0 Å². The molecule has 7 heteroatoms. The van der Waals surface area contributed by atoms with Gasteiger partial charge in [0, 0.05) is 5.92 Å². The highest BCUT2D eigenvalue weighted by Gasteiger charge is 2.37. The van der Waals surface area contributed by atoms with E-state index in [0.29, 0.717) is 0 Å². The molecule has 0 aliphatic heterocycles. The smallest absolute Gasteiger partial charge is 0.163 e. The molecule has 0 bridgehead atoms. The quantitative estimate of drug-likeness (QED) is 0.271. The Morgan fingerprint density at radius 2 is 1.42 bits per heavy atom. The monoisotopic (exact) mass is 278 g/mol. The molecule has 0 aromatic heterocycles. The average Bonchev–Trinajstić information content (AvgIpc) is 2.40. The van der Waals surface area contributed by atoms with Gasteiger partial charge in [-0.05, 0) is 12.5 Å². The molecule has 0 radical (unpaired) electrons. The van der Waals surface area contributed by atoms with Gasteiger partial charge in [0.1, 0.15) is 24.4 Å². The highest BCUT2D eigenvalue weighted by molar-refractivity contribution is 5.96. The van der Waals surface area contributed by atoms with Gasteiger partial charge < -0.3 is 30.6 Å². The topological polar surface area (TPSA) is 138 Å². The average molecular weight is 278 g/mol. The first-order valence-corrected chi connectivity index (χ1v) is 5.86. The van der Waals surface area contributed by atoms with Gasteiger partial charge in [0.15, 0.2) is 5.78 Å². The third-order valence-corrected chi connectivity index (χ3v) is 2.98. The van der Waals surface area contributed by atoms with E-state index in [1.165, 1.54) is 13.8 Å². The fourth-order valence-electron chi connectivity index (χ4n) is 1.58. The van der Waals surface area contributed by atoms with E-state index in [4.69, 9.17) is 10.2 Å². The van der Waals surface area contributed by atoms with Gasteiger partial charge in [-0.2, -0.15) is 0 Å². The highest BCUT2D eigenvalue weighted by atomic mass is 16.4. The first-order chi connectivity index (χ1) is 8.64. The molecule has 6 atom stereocenters. The molecule has 0 aromatic rings. The lowest BCUT2D eigenvalue weighted by Gasteiger charge is -2.30. The molecule has 0 spiro atoms. The van der Waals surface area contributed by atoms with Crippen molar-refractivity contribution in [1.29, 1.82) is 0 Å². The Bertz CT molecular complexity index is 317. The molecule has 19 heavy (non-hydrogen) atoms. The molecule has 0 amide bonds. The largest absolute Gasteiger partial charge is 0.394 e. The maximum atomic E-state index is 11.6. The second-order valence-electron chi connectivity index (χ2n) is 4.65. The van der Waals surface area contributed by atoms with Gasteiger partial charge in [-0.15, -0.1) is 0 Å². The Balaban J connectivity index is 4.76. The summed E-state index contributed by atoms with van der Waals surface area (Å²) in [6, 6.07) is 0. The Kier molecular flexibility index (Phi) is 7.35. The van der Waals surface area contributed by atoms with Crippen LogP contribution in [0.15, 0.2) is 12.2 Å². The van der Waals surface area contributed by atoms with Crippen molar-refractivity contribution in [2.75, 3.05) is 6.61 Å². The summed E-state index contributed by atoms with van der Waals surface area (Å²) in [7, 11) is 0. The minimum Gasteiger partial charge on any atom is -0.394 e. The lowest BCUT2D eigenvalue weighted by molar-refractivity contribution is -0.152. The number of hydrogen-bond acceptors (Lipinski definition) is 7. The number of allylic oxidation sites excluding steroid dienone is 1. The number of hydrogen-bond donors (Lipinski definition) is 6. The van der Waals surface area contributed by atoms with E-state index in [0.717, 1.165) is 0 Å². The summed E-state index contributed by atoms with van der Waals surface area (Å²) >= 11 is 0. The van der Waals surface area contributed by atoms with Crippen molar-refractivity contribution in [1.82, 2.24) is 0 Å². The molecule has 0 saturated heterocycles. The minimum absolute atomic E-state index is 0.184. The zero-order valence-corrected chi connectivity index (χ0v) is 11.0. The van der Waals surface area contributed by atoms with Crippen molar-refractivity contribution in [3.63, 3.8) is 0 Å². The van der Waals surface area contributed by atoms with Gasteiger partial charge in [-0.3, -0.25) is 4.79 Å². The SMILES string of the molecule is C=C(C)C(=O)C(C)C(O)[C@H](O)[C@@H](O)[C@H](O)[C@H](O)CO. The molecule has 7 nitrogen and oxygen atoms in total. The van der Waals surface area contributed by atoms with Crippen LogP contribution in [0.3, 0.4) is 0 Å². The molecule has 0 saturated carbocycles. The van der Waals surface area contributed by atoms with Crippen LogP contribution in [-0.4, -0.2) is 73.5 Å². The number of Topliss-reactive ketones (excluding diaryl/α,β-unsaturated/α-hetero) is 1. The standard InChI is InChI=1S/C12H22O7/c1-5(2)8(15)6(3)9(16)11(18)12(19)10(17)7(14)4-13/h6-7,9-14,16-19H,1,4H2,2-3H3/t6?,7-,9?,10-,11+,12+/m1/s1.